The molecular weight excluding hydrogens is 401 g/mol. The smallest absolute Gasteiger partial charge is 0.0621 e. The normalized spacial score (nSPS) is 11.7. The van der Waals surface area contributed by atoms with Gasteiger partial charge in [0.25, 0.3) is 0 Å². The lowest BCUT2D eigenvalue weighted by Gasteiger charge is -2.11. The minimum Gasteiger partial charge on any atom is -0.198 e. The molecule has 2 aromatic carbocycles. The zero-order chi connectivity index (χ0) is 15.8. The predicted octanol–water partition coefficient (Wildman–Crippen LogP) is 6.58. The van der Waals surface area contributed by atoms with E-state index in [9.17, 15) is 0 Å². The molecule has 0 aliphatic heterocycles. The highest BCUT2D eigenvalue weighted by molar-refractivity contribution is 14.1. The summed E-state index contributed by atoms with van der Waals surface area (Å²) in [4.78, 5) is 1.25. The molecule has 0 heterocycles. The Balaban J connectivity index is 2.24. The Morgan fingerprint density at radius 1 is 1.09 bits per heavy atom. The van der Waals surface area contributed by atoms with Crippen LogP contribution < -0.4 is 0 Å². The van der Waals surface area contributed by atoms with E-state index >= 15 is 0 Å². The molecule has 0 saturated heterocycles. The van der Waals surface area contributed by atoms with Gasteiger partial charge in [0.05, 0.1) is 8.98 Å². The van der Waals surface area contributed by atoms with Crippen LogP contribution in [-0.4, -0.2) is 0 Å². The highest BCUT2D eigenvalue weighted by Crippen LogP contribution is 2.39. The van der Waals surface area contributed by atoms with E-state index < -0.39 is 0 Å². The van der Waals surface area contributed by atoms with E-state index in [4.69, 9.17) is 5.26 Å². The van der Waals surface area contributed by atoms with Crippen LogP contribution in [0.25, 0.3) is 5.57 Å². The molecular formula is C19H18INS. The third-order valence-corrected chi connectivity index (χ3v) is 5.55. The van der Waals surface area contributed by atoms with Gasteiger partial charge in [-0.25, -0.2) is 0 Å². The van der Waals surface area contributed by atoms with E-state index in [0.29, 0.717) is 6.42 Å². The first-order valence-electron chi connectivity index (χ1n) is 7.26. The number of nitrogens with zero attached hydrogens (tertiary/aromatic N) is 1. The Kier molecular flexibility index (Phi) is 7.01. The van der Waals surface area contributed by atoms with Gasteiger partial charge in [-0.2, -0.15) is 5.26 Å². The van der Waals surface area contributed by atoms with Gasteiger partial charge in [0.1, 0.15) is 0 Å². The fraction of sp³-hybridized carbons (Fsp3) is 0.211. The van der Waals surface area contributed by atoms with E-state index in [1.807, 2.05) is 6.07 Å². The molecule has 0 radical (unpaired) electrons. The van der Waals surface area contributed by atoms with Gasteiger partial charge in [-0.05, 0) is 65.6 Å². The summed E-state index contributed by atoms with van der Waals surface area (Å²) in [6, 6.07) is 21.3. The van der Waals surface area contributed by atoms with Gasteiger partial charge in [0, 0.05) is 11.3 Å². The summed E-state index contributed by atoms with van der Waals surface area (Å²) in [6.45, 7) is 2.10. The van der Waals surface area contributed by atoms with E-state index in [2.05, 4.69) is 84.1 Å². The van der Waals surface area contributed by atoms with Gasteiger partial charge in [-0.15, -0.1) is 0 Å². The van der Waals surface area contributed by atoms with Crippen LogP contribution in [0.5, 0.6) is 0 Å². The Morgan fingerprint density at radius 2 is 1.77 bits per heavy atom. The molecule has 0 amide bonds. The number of thioether (sulfide) groups is 1. The summed E-state index contributed by atoms with van der Waals surface area (Å²) in [5.74, 6) is 0. The molecule has 3 heteroatoms. The molecule has 0 aliphatic rings. The molecule has 0 bridgehead atoms. The maximum Gasteiger partial charge on any atom is 0.0621 e. The largest absolute Gasteiger partial charge is 0.198 e. The lowest BCUT2D eigenvalue weighted by Crippen LogP contribution is -1.87. The fourth-order valence-electron chi connectivity index (χ4n) is 2.11. The van der Waals surface area contributed by atoms with Gasteiger partial charge in [0.15, 0.2) is 0 Å². The van der Waals surface area contributed by atoms with Crippen molar-refractivity contribution in [2.45, 2.75) is 31.1 Å². The summed E-state index contributed by atoms with van der Waals surface area (Å²) < 4.78 is 1.28. The molecule has 0 saturated carbocycles. The first-order valence-corrected chi connectivity index (χ1v) is 9.16. The van der Waals surface area contributed by atoms with Crippen molar-refractivity contribution in [3.8, 4) is 6.07 Å². The van der Waals surface area contributed by atoms with Crippen LogP contribution in [0, 0.1) is 18.3 Å². The summed E-state index contributed by atoms with van der Waals surface area (Å²) in [7, 11) is 0. The minimum atomic E-state index is 0.607. The molecule has 0 unspecified atom stereocenters. The van der Waals surface area contributed by atoms with Crippen molar-refractivity contribution in [1.82, 2.24) is 0 Å². The molecule has 0 atom stereocenters. The monoisotopic (exact) mass is 419 g/mol. The van der Waals surface area contributed by atoms with E-state index in [-0.39, 0.29) is 0 Å². The van der Waals surface area contributed by atoms with E-state index in [1.165, 1.54) is 24.5 Å². The maximum absolute atomic E-state index is 8.78. The number of rotatable bonds is 6. The Labute approximate surface area is 150 Å². The predicted molar refractivity (Wildman–Crippen MR) is 104 cm³/mol. The average molecular weight is 419 g/mol. The second-order valence-corrected chi connectivity index (χ2v) is 7.94. The maximum atomic E-state index is 8.78. The first kappa shape index (κ1) is 17.1. The van der Waals surface area contributed by atoms with Gasteiger partial charge in [-0.1, -0.05) is 59.8 Å². The van der Waals surface area contributed by atoms with Gasteiger partial charge < -0.3 is 0 Å². The quantitative estimate of drug-likeness (QED) is 0.300. The van der Waals surface area contributed by atoms with Crippen LogP contribution in [0.3, 0.4) is 0 Å². The molecule has 0 aromatic heterocycles. The van der Waals surface area contributed by atoms with E-state index in [1.54, 1.807) is 11.8 Å². The van der Waals surface area contributed by atoms with Crippen molar-refractivity contribution in [2.24, 2.45) is 0 Å². The van der Waals surface area contributed by atoms with Crippen molar-refractivity contribution < 1.29 is 0 Å². The number of halogens is 1. The van der Waals surface area contributed by atoms with Crippen LogP contribution in [0.2, 0.25) is 0 Å². The number of unbranched alkanes of at least 4 members (excludes halogenated alkanes) is 1. The van der Waals surface area contributed by atoms with Gasteiger partial charge >= 0.3 is 0 Å². The van der Waals surface area contributed by atoms with Crippen molar-refractivity contribution in [3.05, 3.63) is 68.6 Å². The van der Waals surface area contributed by atoms with Gasteiger partial charge in [-0.3, -0.25) is 0 Å². The molecule has 22 heavy (non-hydrogen) atoms. The summed E-state index contributed by atoms with van der Waals surface area (Å²) in [5.41, 5.74) is 3.87. The molecule has 2 rings (SSSR count). The molecule has 0 N–H and O–H groups in total. The van der Waals surface area contributed by atoms with Crippen molar-refractivity contribution in [1.29, 1.82) is 5.26 Å². The highest BCUT2D eigenvalue weighted by Gasteiger charge is 2.09. The minimum absolute atomic E-state index is 0.607. The molecule has 0 aliphatic carbocycles. The zero-order valence-electron chi connectivity index (χ0n) is 12.6. The molecule has 0 fully saturated rings. The molecule has 1 nitrogen and oxygen atoms in total. The Bertz CT molecular complexity index is 669. The third kappa shape index (κ3) is 5.19. The van der Waals surface area contributed by atoms with Crippen molar-refractivity contribution in [2.75, 3.05) is 0 Å². The van der Waals surface area contributed by atoms with Crippen LogP contribution in [0.1, 0.15) is 30.4 Å². The Hall–Kier alpha value is -1.25. The van der Waals surface area contributed by atoms with Crippen LogP contribution in [-0.2, 0) is 0 Å². The summed E-state index contributed by atoms with van der Waals surface area (Å²) >= 11 is 4.23. The number of hydrogen-bond acceptors (Lipinski definition) is 2. The van der Waals surface area contributed by atoms with Gasteiger partial charge in [0.2, 0.25) is 0 Å². The molecule has 2 aromatic rings. The Morgan fingerprint density at radius 3 is 2.41 bits per heavy atom. The second-order valence-electron chi connectivity index (χ2n) is 5.05. The van der Waals surface area contributed by atoms with Crippen LogP contribution >= 0.6 is 34.4 Å². The number of nitriles is 1. The molecule has 112 valence electrons. The second kappa shape index (κ2) is 9.02. The number of aryl methyl sites for hydroxylation is 1. The molecule has 0 spiro atoms. The fourth-order valence-corrected chi connectivity index (χ4v) is 4.28. The van der Waals surface area contributed by atoms with Crippen LogP contribution in [0.4, 0.5) is 0 Å². The highest BCUT2D eigenvalue weighted by atomic mass is 127. The average Bonchev–Trinajstić information content (AvgIpc) is 2.54. The lowest BCUT2D eigenvalue weighted by atomic mass is 10.0. The summed E-state index contributed by atoms with van der Waals surface area (Å²) in [6.07, 6.45) is 2.45. The third-order valence-electron chi connectivity index (χ3n) is 3.30. The SMILES string of the molecule is Cc1ccc(S/C(I)=C(/CCCC#N)c2ccccc2)cc1. The van der Waals surface area contributed by atoms with Crippen molar-refractivity contribution in [3.63, 3.8) is 0 Å². The van der Waals surface area contributed by atoms with E-state index in [0.717, 1.165) is 12.8 Å². The number of allylic oxidation sites excluding steroid dienone is 1. The van der Waals surface area contributed by atoms with Crippen LogP contribution in [0.15, 0.2) is 62.4 Å². The van der Waals surface area contributed by atoms with Crippen molar-refractivity contribution >= 4 is 39.9 Å². The number of hydrogen-bond donors (Lipinski definition) is 0. The lowest BCUT2D eigenvalue weighted by molar-refractivity contribution is 0.889. The standard InChI is InChI=1S/C19H18INS/c1-15-10-12-17(13-11-15)22-19(20)18(9-5-6-14-21)16-7-3-2-4-8-16/h2-4,7-8,10-13H,5-6,9H2,1H3/b19-18-. The topological polar surface area (TPSA) is 23.8 Å². The first-order chi connectivity index (χ1) is 10.7. The summed E-state index contributed by atoms with van der Waals surface area (Å²) in [5, 5.41) is 8.78. The number of benzene rings is 2. The zero-order valence-corrected chi connectivity index (χ0v) is 15.5.